The molecule has 0 aliphatic heterocycles. The second kappa shape index (κ2) is 7.38. The molecule has 0 aliphatic carbocycles. The van der Waals surface area contributed by atoms with Crippen LogP contribution in [0.15, 0.2) is 60.7 Å². The standard InChI is InChI=1S/C16H19NSe/c1-14(18-16-10-6-3-7-11-16)12-17-13-15-8-4-2-5-9-15/h2-11,14,17H,12-13H2,1H3. The molecule has 0 heterocycles. The van der Waals surface area contributed by atoms with E-state index in [0.717, 1.165) is 17.9 Å². The van der Waals surface area contributed by atoms with Crippen molar-refractivity contribution in [2.75, 3.05) is 6.54 Å². The van der Waals surface area contributed by atoms with E-state index in [1.54, 1.807) is 0 Å². The fraction of sp³-hybridized carbons (Fsp3) is 0.250. The molecular weight excluding hydrogens is 285 g/mol. The molecule has 0 saturated carbocycles. The van der Waals surface area contributed by atoms with Gasteiger partial charge in [-0.1, -0.05) is 0 Å². The van der Waals surface area contributed by atoms with Crippen LogP contribution in [-0.4, -0.2) is 21.5 Å². The third kappa shape index (κ3) is 4.66. The summed E-state index contributed by atoms with van der Waals surface area (Å²) in [5.41, 5.74) is 1.36. The van der Waals surface area contributed by atoms with Gasteiger partial charge in [-0.05, 0) is 0 Å². The van der Waals surface area contributed by atoms with Gasteiger partial charge in [0.2, 0.25) is 0 Å². The Morgan fingerprint density at radius 1 is 0.944 bits per heavy atom. The van der Waals surface area contributed by atoms with Crippen LogP contribution in [0.2, 0.25) is 4.82 Å². The number of benzene rings is 2. The molecular formula is C16H19NSe. The average molecular weight is 304 g/mol. The van der Waals surface area contributed by atoms with Gasteiger partial charge in [-0.3, -0.25) is 0 Å². The molecule has 94 valence electrons. The van der Waals surface area contributed by atoms with Crippen LogP contribution in [0.4, 0.5) is 0 Å². The van der Waals surface area contributed by atoms with Crippen molar-refractivity contribution >= 4 is 19.4 Å². The Morgan fingerprint density at radius 2 is 1.56 bits per heavy atom. The van der Waals surface area contributed by atoms with E-state index in [1.165, 1.54) is 10.0 Å². The molecule has 2 aromatic rings. The normalized spacial score (nSPS) is 12.3. The summed E-state index contributed by atoms with van der Waals surface area (Å²) < 4.78 is 1.49. The summed E-state index contributed by atoms with van der Waals surface area (Å²) in [5.74, 6) is 0. The summed E-state index contributed by atoms with van der Waals surface area (Å²) in [6.45, 7) is 4.38. The topological polar surface area (TPSA) is 12.0 Å². The maximum atomic E-state index is 3.54. The number of nitrogens with one attached hydrogen (secondary N) is 1. The van der Waals surface area contributed by atoms with Gasteiger partial charge in [0.25, 0.3) is 0 Å². The van der Waals surface area contributed by atoms with Gasteiger partial charge >= 0.3 is 116 Å². The zero-order valence-electron chi connectivity index (χ0n) is 10.7. The van der Waals surface area contributed by atoms with Crippen LogP contribution in [0.5, 0.6) is 0 Å². The van der Waals surface area contributed by atoms with Crippen LogP contribution in [0.1, 0.15) is 12.5 Å². The Labute approximate surface area is 116 Å². The summed E-state index contributed by atoms with van der Waals surface area (Å²) in [4.78, 5) is 0.726. The Balaban J connectivity index is 1.71. The van der Waals surface area contributed by atoms with E-state index in [0.29, 0.717) is 15.0 Å². The summed E-state index contributed by atoms with van der Waals surface area (Å²) in [5, 5.41) is 3.54. The fourth-order valence-corrected chi connectivity index (χ4v) is 3.84. The molecule has 0 radical (unpaired) electrons. The number of rotatable bonds is 6. The van der Waals surface area contributed by atoms with Crippen molar-refractivity contribution in [1.29, 1.82) is 0 Å². The number of hydrogen-bond donors (Lipinski definition) is 1. The van der Waals surface area contributed by atoms with Gasteiger partial charge in [-0.25, -0.2) is 0 Å². The van der Waals surface area contributed by atoms with Crippen molar-refractivity contribution in [2.45, 2.75) is 18.3 Å². The molecule has 1 nitrogen and oxygen atoms in total. The Hall–Kier alpha value is -1.08. The summed E-state index contributed by atoms with van der Waals surface area (Å²) >= 11 is 0.560. The first kappa shape index (κ1) is 13.4. The molecule has 1 atom stereocenters. The molecule has 0 amide bonds. The van der Waals surface area contributed by atoms with E-state index in [-0.39, 0.29) is 0 Å². The van der Waals surface area contributed by atoms with Crippen LogP contribution < -0.4 is 9.78 Å². The summed E-state index contributed by atoms with van der Waals surface area (Å²) in [6, 6.07) is 21.4. The van der Waals surface area contributed by atoms with Crippen LogP contribution in [0, 0.1) is 0 Å². The zero-order valence-corrected chi connectivity index (χ0v) is 12.4. The van der Waals surface area contributed by atoms with Gasteiger partial charge in [-0.15, -0.1) is 0 Å². The zero-order chi connectivity index (χ0) is 12.6. The van der Waals surface area contributed by atoms with E-state index < -0.39 is 0 Å². The van der Waals surface area contributed by atoms with E-state index >= 15 is 0 Å². The van der Waals surface area contributed by atoms with Crippen molar-refractivity contribution in [3.05, 3.63) is 66.2 Å². The fourth-order valence-electron chi connectivity index (χ4n) is 1.79. The van der Waals surface area contributed by atoms with Crippen LogP contribution in [0.3, 0.4) is 0 Å². The predicted molar refractivity (Wildman–Crippen MR) is 79.4 cm³/mol. The van der Waals surface area contributed by atoms with Gasteiger partial charge in [0.1, 0.15) is 0 Å². The molecule has 1 N–H and O–H groups in total. The Bertz CT molecular complexity index is 441. The van der Waals surface area contributed by atoms with Gasteiger partial charge in [-0.2, -0.15) is 0 Å². The van der Waals surface area contributed by atoms with E-state index in [1.807, 2.05) is 0 Å². The Morgan fingerprint density at radius 3 is 2.22 bits per heavy atom. The molecule has 2 heteroatoms. The third-order valence-corrected chi connectivity index (χ3v) is 5.02. The molecule has 0 spiro atoms. The SMILES string of the molecule is CC(CNCc1ccccc1)[Se]c1ccccc1. The molecule has 0 bridgehead atoms. The predicted octanol–water partition coefficient (Wildman–Crippen LogP) is 2.61. The van der Waals surface area contributed by atoms with Crippen LogP contribution in [0.25, 0.3) is 0 Å². The van der Waals surface area contributed by atoms with Crippen molar-refractivity contribution < 1.29 is 0 Å². The molecule has 1 unspecified atom stereocenters. The molecule has 0 aromatic heterocycles. The summed E-state index contributed by atoms with van der Waals surface area (Å²) in [6.07, 6.45) is 0. The monoisotopic (exact) mass is 305 g/mol. The first-order valence-corrected chi connectivity index (χ1v) is 8.15. The molecule has 18 heavy (non-hydrogen) atoms. The second-order valence-electron chi connectivity index (χ2n) is 4.36. The van der Waals surface area contributed by atoms with E-state index in [2.05, 4.69) is 72.9 Å². The quantitative estimate of drug-likeness (QED) is 0.809. The van der Waals surface area contributed by atoms with E-state index in [9.17, 15) is 0 Å². The first-order chi connectivity index (χ1) is 8.84. The van der Waals surface area contributed by atoms with Crippen LogP contribution >= 0.6 is 0 Å². The van der Waals surface area contributed by atoms with Gasteiger partial charge < -0.3 is 0 Å². The van der Waals surface area contributed by atoms with Crippen molar-refractivity contribution in [1.82, 2.24) is 5.32 Å². The van der Waals surface area contributed by atoms with Crippen molar-refractivity contribution in [3.63, 3.8) is 0 Å². The molecule has 0 aliphatic rings. The average Bonchev–Trinajstić information content (AvgIpc) is 2.41. The van der Waals surface area contributed by atoms with Crippen LogP contribution in [-0.2, 0) is 6.54 Å². The van der Waals surface area contributed by atoms with Gasteiger partial charge in [0, 0.05) is 0 Å². The number of hydrogen-bond acceptors (Lipinski definition) is 1. The molecule has 2 aromatic carbocycles. The van der Waals surface area contributed by atoms with Gasteiger partial charge in [0.05, 0.1) is 0 Å². The van der Waals surface area contributed by atoms with Crippen molar-refractivity contribution in [3.8, 4) is 0 Å². The minimum atomic E-state index is 0.560. The molecule has 2 rings (SSSR count). The Kier molecular flexibility index (Phi) is 5.47. The third-order valence-electron chi connectivity index (χ3n) is 2.68. The van der Waals surface area contributed by atoms with Crippen molar-refractivity contribution in [2.24, 2.45) is 0 Å². The first-order valence-electron chi connectivity index (χ1n) is 6.31. The molecule has 0 saturated heterocycles. The maximum absolute atomic E-state index is 3.54. The second-order valence-corrected chi connectivity index (χ2v) is 7.53. The molecule has 0 fully saturated rings. The minimum absolute atomic E-state index is 0.560. The summed E-state index contributed by atoms with van der Waals surface area (Å²) in [7, 11) is 0. The van der Waals surface area contributed by atoms with Gasteiger partial charge in [0.15, 0.2) is 0 Å². The van der Waals surface area contributed by atoms with E-state index in [4.69, 9.17) is 0 Å².